The fourth-order valence-corrected chi connectivity index (χ4v) is 3.39. The number of nitrogens with zero attached hydrogens (tertiary/aromatic N) is 8. The van der Waals surface area contributed by atoms with E-state index in [-0.39, 0.29) is 7.43 Å². The van der Waals surface area contributed by atoms with Gasteiger partial charge in [0.2, 0.25) is 5.95 Å². The molecule has 1 atom stereocenters. The van der Waals surface area contributed by atoms with Crippen LogP contribution in [0, 0.1) is 17.2 Å². The van der Waals surface area contributed by atoms with Gasteiger partial charge in [0.1, 0.15) is 0 Å². The Morgan fingerprint density at radius 1 is 1.30 bits per heavy atom. The Morgan fingerprint density at radius 3 is 2.96 bits per heavy atom. The zero-order valence-corrected chi connectivity index (χ0v) is 14.7. The van der Waals surface area contributed by atoms with E-state index in [4.69, 9.17) is 5.26 Å². The molecule has 0 amide bonds. The Hall–Kier alpha value is -2.99. The summed E-state index contributed by atoms with van der Waals surface area (Å²) in [5.74, 6) is 1.07. The van der Waals surface area contributed by atoms with Crippen LogP contribution in [0.3, 0.4) is 0 Å². The molecule has 1 aliphatic rings. The van der Waals surface area contributed by atoms with Crippen molar-refractivity contribution in [3.05, 3.63) is 24.8 Å². The molecule has 1 aliphatic heterocycles. The van der Waals surface area contributed by atoms with Gasteiger partial charge in [0.05, 0.1) is 29.5 Å². The number of hydrogen-bond acceptors (Lipinski definition) is 7. The number of fused-ring (bicyclic) bond motifs is 1. The van der Waals surface area contributed by atoms with Gasteiger partial charge in [-0.3, -0.25) is 4.68 Å². The number of anilines is 2. The van der Waals surface area contributed by atoms with Crippen molar-refractivity contribution in [2.24, 2.45) is 13.0 Å². The van der Waals surface area contributed by atoms with Gasteiger partial charge in [-0.05, 0) is 18.9 Å². The van der Waals surface area contributed by atoms with Gasteiger partial charge in [0.15, 0.2) is 5.65 Å². The smallest absolute Gasteiger partial charge is 0.229 e. The van der Waals surface area contributed by atoms with Gasteiger partial charge < -0.3 is 10.2 Å². The van der Waals surface area contributed by atoms with Gasteiger partial charge in [-0.2, -0.15) is 20.4 Å². The van der Waals surface area contributed by atoms with Crippen LogP contribution in [-0.4, -0.2) is 54.1 Å². The predicted molar refractivity (Wildman–Crippen MR) is 103 cm³/mol. The van der Waals surface area contributed by atoms with Crippen molar-refractivity contribution < 1.29 is 0 Å². The Kier molecular flexibility index (Phi) is 5.66. The molecule has 1 N–H and O–H groups in total. The number of rotatable bonds is 6. The molecule has 142 valence electrons. The SMILES string of the molecule is C.Cn1cc(Nc2ncc3cnn(CC4CCN(CCC#N)C4)c3n2)cn1. The maximum atomic E-state index is 8.74. The standard InChI is InChI=1S/C17H21N9.CH4/c1-24-12-15(9-20-24)22-17-19-7-14-8-21-26(16(14)23-17)11-13-3-6-25(10-13)5-2-4-18;/h7-9,12-13H,2-3,5-6,10-11H2,1H3,(H,19,22,23);1H4. The minimum atomic E-state index is 0. The van der Waals surface area contributed by atoms with Crippen LogP contribution < -0.4 is 5.32 Å². The summed E-state index contributed by atoms with van der Waals surface area (Å²) in [5.41, 5.74) is 1.68. The average molecular weight is 367 g/mol. The van der Waals surface area contributed by atoms with E-state index < -0.39 is 0 Å². The highest BCUT2D eigenvalue weighted by Crippen LogP contribution is 2.21. The van der Waals surface area contributed by atoms with E-state index >= 15 is 0 Å². The first kappa shape index (κ1) is 18.8. The third kappa shape index (κ3) is 4.23. The lowest BCUT2D eigenvalue weighted by atomic mass is 10.1. The van der Waals surface area contributed by atoms with Crippen molar-refractivity contribution in [1.82, 2.24) is 34.4 Å². The van der Waals surface area contributed by atoms with Crippen LogP contribution in [-0.2, 0) is 13.6 Å². The first-order valence-corrected chi connectivity index (χ1v) is 8.75. The molecule has 1 fully saturated rings. The Morgan fingerprint density at radius 2 is 2.19 bits per heavy atom. The number of aryl methyl sites for hydroxylation is 1. The predicted octanol–water partition coefficient (Wildman–Crippen LogP) is 2.18. The summed E-state index contributed by atoms with van der Waals surface area (Å²) in [6, 6.07) is 2.22. The molecule has 4 rings (SSSR count). The highest BCUT2D eigenvalue weighted by atomic mass is 15.3. The van der Waals surface area contributed by atoms with E-state index in [0.717, 1.165) is 49.3 Å². The summed E-state index contributed by atoms with van der Waals surface area (Å²) in [5, 5.41) is 21.5. The fraction of sp³-hybridized carbons (Fsp3) is 0.500. The lowest BCUT2D eigenvalue weighted by Crippen LogP contribution is -2.23. The molecular formula is C18H25N9. The Balaban J connectivity index is 0.00000210. The van der Waals surface area contributed by atoms with Gasteiger partial charge in [-0.1, -0.05) is 7.43 Å². The van der Waals surface area contributed by atoms with Crippen LogP contribution in [0.2, 0.25) is 0 Å². The topological polar surface area (TPSA) is 100 Å². The van der Waals surface area contributed by atoms with E-state index in [9.17, 15) is 0 Å². The Bertz CT molecular complexity index is 936. The zero-order chi connectivity index (χ0) is 17.9. The van der Waals surface area contributed by atoms with Crippen molar-refractivity contribution in [2.45, 2.75) is 26.8 Å². The summed E-state index contributed by atoms with van der Waals surface area (Å²) in [6.07, 6.45) is 8.93. The molecule has 9 nitrogen and oxygen atoms in total. The molecule has 4 heterocycles. The quantitative estimate of drug-likeness (QED) is 0.712. The summed E-state index contributed by atoms with van der Waals surface area (Å²) in [7, 11) is 1.87. The molecule has 3 aromatic heterocycles. The van der Waals surface area contributed by atoms with Crippen LogP contribution >= 0.6 is 0 Å². The molecular weight excluding hydrogens is 342 g/mol. The van der Waals surface area contributed by atoms with Gasteiger partial charge in [-0.25, -0.2) is 9.67 Å². The van der Waals surface area contributed by atoms with Gasteiger partial charge in [0.25, 0.3) is 0 Å². The monoisotopic (exact) mass is 367 g/mol. The van der Waals surface area contributed by atoms with E-state index in [1.165, 1.54) is 0 Å². The number of aromatic nitrogens is 6. The largest absolute Gasteiger partial charge is 0.321 e. The van der Waals surface area contributed by atoms with Crippen LogP contribution in [0.15, 0.2) is 24.8 Å². The van der Waals surface area contributed by atoms with E-state index in [1.807, 2.05) is 24.1 Å². The molecule has 0 aromatic carbocycles. The second-order valence-corrected chi connectivity index (χ2v) is 6.69. The molecule has 0 bridgehead atoms. The van der Waals surface area contributed by atoms with E-state index in [2.05, 4.69) is 36.5 Å². The number of hydrogen-bond donors (Lipinski definition) is 1. The van der Waals surface area contributed by atoms with E-state index in [0.29, 0.717) is 18.3 Å². The molecule has 1 saturated heterocycles. The highest BCUT2D eigenvalue weighted by molar-refractivity contribution is 5.75. The third-order valence-corrected chi connectivity index (χ3v) is 4.68. The maximum absolute atomic E-state index is 8.74. The molecule has 9 heteroatoms. The summed E-state index contributed by atoms with van der Waals surface area (Å²) in [4.78, 5) is 11.3. The Labute approximate surface area is 158 Å². The first-order valence-electron chi connectivity index (χ1n) is 8.75. The minimum absolute atomic E-state index is 0. The highest BCUT2D eigenvalue weighted by Gasteiger charge is 2.23. The number of nitriles is 1. The fourth-order valence-electron chi connectivity index (χ4n) is 3.39. The second-order valence-electron chi connectivity index (χ2n) is 6.69. The van der Waals surface area contributed by atoms with Gasteiger partial charge in [0, 0.05) is 45.5 Å². The number of nitrogens with one attached hydrogen (secondary N) is 1. The van der Waals surface area contributed by atoms with Gasteiger partial charge >= 0.3 is 0 Å². The van der Waals surface area contributed by atoms with Crippen LogP contribution in [0.25, 0.3) is 11.0 Å². The van der Waals surface area contributed by atoms with Crippen molar-refractivity contribution in [2.75, 3.05) is 25.0 Å². The average Bonchev–Trinajstić information content (AvgIpc) is 3.35. The lowest BCUT2D eigenvalue weighted by Gasteiger charge is -2.14. The lowest BCUT2D eigenvalue weighted by molar-refractivity contribution is 0.321. The van der Waals surface area contributed by atoms with E-state index in [1.54, 1.807) is 17.1 Å². The summed E-state index contributed by atoms with van der Waals surface area (Å²) in [6.45, 7) is 3.74. The molecule has 3 aromatic rings. The van der Waals surface area contributed by atoms with Gasteiger partial charge in [-0.15, -0.1) is 0 Å². The second kappa shape index (κ2) is 8.14. The van der Waals surface area contributed by atoms with Crippen LogP contribution in [0.5, 0.6) is 0 Å². The number of likely N-dealkylation sites (tertiary alicyclic amines) is 1. The summed E-state index contributed by atoms with van der Waals surface area (Å²) >= 11 is 0. The normalized spacial score (nSPS) is 17.0. The summed E-state index contributed by atoms with van der Waals surface area (Å²) < 4.78 is 3.69. The van der Waals surface area contributed by atoms with Crippen LogP contribution in [0.1, 0.15) is 20.3 Å². The zero-order valence-electron chi connectivity index (χ0n) is 14.7. The minimum Gasteiger partial charge on any atom is -0.321 e. The third-order valence-electron chi connectivity index (χ3n) is 4.68. The molecule has 0 radical (unpaired) electrons. The maximum Gasteiger partial charge on any atom is 0.229 e. The molecule has 27 heavy (non-hydrogen) atoms. The molecule has 0 spiro atoms. The van der Waals surface area contributed by atoms with Crippen molar-refractivity contribution in [1.29, 1.82) is 5.26 Å². The van der Waals surface area contributed by atoms with Crippen molar-refractivity contribution >= 4 is 22.7 Å². The molecule has 0 aliphatic carbocycles. The van der Waals surface area contributed by atoms with Crippen molar-refractivity contribution in [3.63, 3.8) is 0 Å². The molecule has 1 unspecified atom stereocenters. The molecule has 0 saturated carbocycles. The van der Waals surface area contributed by atoms with Crippen LogP contribution in [0.4, 0.5) is 11.6 Å². The first-order chi connectivity index (χ1) is 12.7. The van der Waals surface area contributed by atoms with Crippen molar-refractivity contribution in [3.8, 4) is 6.07 Å².